The van der Waals surface area contributed by atoms with Crippen molar-refractivity contribution in [3.63, 3.8) is 0 Å². The third kappa shape index (κ3) is 4.40. The third-order valence-electron chi connectivity index (χ3n) is 3.34. The Bertz CT molecular complexity index is 561. The molecular formula is C14H19FN2O2S. The van der Waals surface area contributed by atoms with Gasteiger partial charge >= 0.3 is 0 Å². The van der Waals surface area contributed by atoms with Gasteiger partial charge in [-0.15, -0.1) is 0 Å². The van der Waals surface area contributed by atoms with E-state index in [1.54, 1.807) is 12.1 Å². The zero-order chi connectivity index (χ0) is 14.6. The van der Waals surface area contributed by atoms with E-state index in [0.29, 0.717) is 13.1 Å². The highest BCUT2D eigenvalue weighted by atomic mass is 32.2. The van der Waals surface area contributed by atoms with Gasteiger partial charge in [-0.05, 0) is 17.7 Å². The summed E-state index contributed by atoms with van der Waals surface area (Å²) in [6.07, 6.45) is 5.21. The smallest absolute Gasteiger partial charge is 0.211 e. The van der Waals surface area contributed by atoms with Crippen molar-refractivity contribution >= 4 is 16.1 Å². The van der Waals surface area contributed by atoms with Crippen LogP contribution < -0.4 is 0 Å². The van der Waals surface area contributed by atoms with Crippen LogP contribution in [-0.2, 0) is 10.0 Å². The van der Waals surface area contributed by atoms with Gasteiger partial charge in [0, 0.05) is 32.7 Å². The summed E-state index contributed by atoms with van der Waals surface area (Å²) < 4.78 is 37.0. The van der Waals surface area contributed by atoms with Crippen LogP contribution in [0.15, 0.2) is 30.3 Å². The SMILES string of the molecule is CS(=O)(=O)N1CCN(C/C=C/c2ccc(F)cc2)CC1. The van der Waals surface area contributed by atoms with Crippen molar-refractivity contribution in [2.45, 2.75) is 0 Å². The molecule has 0 N–H and O–H groups in total. The van der Waals surface area contributed by atoms with Crippen LogP contribution in [0.2, 0.25) is 0 Å². The summed E-state index contributed by atoms with van der Waals surface area (Å²) in [4.78, 5) is 2.20. The lowest BCUT2D eigenvalue weighted by molar-refractivity contribution is 0.205. The van der Waals surface area contributed by atoms with Crippen molar-refractivity contribution in [1.82, 2.24) is 9.21 Å². The van der Waals surface area contributed by atoms with Gasteiger partial charge in [-0.25, -0.2) is 12.8 Å². The number of benzene rings is 1. The fraction of sp³-hybridized carbons (Fsp3) is 0.429. The third-order valence-corrected chi connectivity index (χ3v) is 4.65. The average Bonchev–Trinajstić information content (AvgIpc) is 2.41. The molecule has 0 unspecified atom stereocenters. The fourth-order valence-electron chi connectivity index (χ4n) is 2.16. The van der Waals surface area contributed by atoms with Crippen LogP contribution in [-0.4, -0.2) is 56.6 Å². The molecule has 110 valence electrons. The summed E-state index contributed by atoms with van der Waals surface area (Å²) in [6.45, 7) is 3.34. The first-order valence-electron chi connectivity index (χ1n) is 6.55. The molecule has 1 fully saturated rings. The molecule has 4 nitrogen and oxygen atoms in total. The standard InChI is InChI=1S/C14H19FN2O2S/c1-20(18,19)17-11-9-16(10-12-17)8-2-3-13-4-6-14(15)7-5-13/h2-7H,8-12H2,1H3/b3-2+. The summed E-state index contributed by atoms with van der Waals surface area (Å²) in [5.41, 5.74) is 0.959. The highest BCUT2D eigenvalue weighted by Gasteiger charge is 2.22. The lowest BCUT2D eigenvalue weighted by atomic mass is 10.2. The van der Waals surface area contributed by atoms with E-state index in [2.05, 4.69) is 4.90 Å². The van der Waals surface area contributed by atoms with E-state index in [9.17, 15) is 12.8 Å². The first-order chi connectivity index (χ1) is 9.45. The molecule has 0 saturated carbocycles. The van der Waals surface area contributed by atoms with E-state index < -0.39 is 10.0 Å². The van der Waals surface area contributed by atoms with Gasteiger partial charge in [0.2, 0.25) is 10.0 Å². The molecule has 0 bridgehead atoms. The van der Waals surface area contributed by atoms with Crippen molar-refractivity contribution in [3.05, 3.63) is 41.7 Å². The Labute approximate surface area is 119 Å². The molecule has 0 atom stereocenters. The van der Waals surface area contributed by atoms with Crippen molar-refractivity contribution < 1.29 is 12.8 Å². The van der Waals surface area contributed by atoms with Crippen LogP contribution in [0.25, 0.3) is 6.08 Å². The first kappa shape index (κ1) is 15.2. The highest BCUT2D eigenvalue weighted by Crippen LogP contribution is 2.07. The van der Waals surface area contributed by atoms with Gasteiger partial charge in [0.25, 0.3) is 0 Å². The molecule has 1 aromatic carbocycles. The number of halogens is 1. The lowest BCUT2D eigenvalue weighted by Crippen LogP contribution is -2.48. The number of sulfonamides is 1. The molecule has 1 heterocycles. The van der Waals surface area contributed by atoms with Crippen LogP contribution in [0.5, 0.6) is 0 Å². The predicted molar refractivity (Wildman–Crippen MR) is 78.3 cm³/mol. The van der Waals surface area contributed by atoms with Crippen LogP contribution in [0.4, 0.5) is 4.39 Å². The van der Waals surface area contributed by atoms with Crippen molar-refractivity contribution in [2.75, 3.05) is 39.0 Å². The van der Waals surface area contributed by atoms with Crippen LogP contribution in [0.3, 0.4) is 0 Å². The Balaban J connectivity index is 1.80. The summed E-state index contributed by atoms with van der Waals surface area (Å²) in [5.74, 6) is -0.237. The minimum atomic E-state index is -3.06. The summed E-state index contributed by atoms with van der Waals surface area (Å²) >= 11 is 0. The van der Waals surface area contributed by atoms with Crippen molar-refractivity contribution in [2.24, 2.45) is 0 Å². The number of hydrogen-bond acceptors (Lipinski definition) is 3. The van der Waals surface area contributed by atoms with E-state index in [-0.39, 0.29) is 5.82 Å². The first-order valence-corrected chi connectivity index (χ1v) is 8.39. The van der Waals surface area contributed by atoms with Gasteiger partial charge in [-0.2, -0.15) is 4.31 Å². The highest BCUT2D eigenvalue weighted by molar-refractivity contribution is 7.88. The molecule has 0 radical (unpaired) electrons. The van der Waals surface area contributed by atoms with Gasteiger partial charge in [0.15, 0.2) is 0 Å². The summed E-state index contributed by atoms with van der Waals surface area (Å²) in [7, 11) is -3.06. The molecule has 1 aliphatic heterocycles. The molecule has 1 aromatic rings. The largest absolute Gasteiger partial charge is 0.297 e. The molecule has 1 aliphatic rings. The number of piperazine rings is 1. The average molecular weight is 298 g/mol. The zero-order valence-corrected chi connectivity index (χ0v) is 12.3. The second-order valence-electron chi connectivity index (χ2n) is 4.92. The van der Waals surface area contributed by atoms with Crippen LogP contribution in [0.1, 0.15) is 5.56 Å². The molecule has 20 heavy (non-hydrogen) atoms. The molecule has 0 aliphatic carbocycles. The van der Waals surface area contributed by atoms with E-state index >= 15 is 0 Å². The van der Waals surface area contributed by atoms with E-state index in [0.717, 1.165) is 25.2 Å². The zero-order valence-electron chi connectivity index (χ0n) is 11.5. The van der Waals surface area contributed by atoms with Crippen LogP contribution >= 0.6 is 0 Å². The monoisotopic (exact) mass is 298 g/mol. The van der Waals surface area contributed by atoms with E-state index in [4.69, 9.17) is 0 Å². The number of nitrogens with zero attached hydrogens (tertiary/aromatic N) is 2. The Morgan fingerprint density at radius 2 is 1.75 bits per heavy atom. The topological polar surface area (TPSA) is 40.6 Å². The summed E-state index contributed by atoms with van der Waals surface area (Å²) in [5, 5.41) is 0. The van der Waals surface area contributed by atoms with E-state index in [1.165, 1.54) is 22.7 Å². The molecule has 0 amide bonds. The Kier molecular flexibility index (Phi) is 4.91. The van der Waals surface area contributed by atoms with Gasteiger partial charge in [-0.1, -0.05) is 24.3 Å². The Morgan fingerprint density at radius 3 is 2.30 bits per heavy atom. The normalized spacial score (nSPS) is 18.7. The molecular weight excluding hydrogens is 279 g/mol. The van der Waals surface area contributed by atoms with E-state index in [1.807, 2.05) is 12.2 Å². The van der Waals surface area contributed by atoms with Gasteiger partial charge < -0.3 is 0 Å². The van der Waals surface area contributed by atoms with Gasteiger partial charge in [0.1, 0.15) is 5.82 Å². The molecule has 2 rings (SSSR count). The predicted octanol–water partition coefficient (Wildman–Crippen LogP) is 1.42. The summed E-state index contributed by atoms with van der Waals surface area (Å²) in [6, 6.07) is 6.33. The lowest BCUT2D eigenvalue weighted by Gasteiger charge is -2.32. The second kappa shape index (κ2) is 6.47. The van der Waals surface area contributed by atoms with Crippen LogP contribution in [0, 0.1) is 5.82 Å². The Morgan fingerprint density at radius 1 is 1.15 bits per heavy atom. The minimum absolute atomic E-state index is 0.237. The maximum atomic E-state index is 12.7. The molecule has 0 spiro atoms. The molecule has 1 saturated heterocycles. The quantitative estimate of drug-likeness (QED) is 0.844. The van der Waals surface area contributed by atoms with Gasteiger partial charge in [-0.3, -0.25) is 4.90 Å². The second-order valence-corrected chi connectivity index (χ2v) is 6.90. The Hall–Kier alpha value is -1.24. The van der Waals surface area contributed by atoms with Crippen molar-refractivity contribution in [1.29, 1.82) is 0 Å². The fourth-order valence-corrected chi connectivity index (χ4v) is 2.98. The van der Waals surface area contributed by atoms with Crippen molar-refractivity contribution in [3.8, 4) is 0 Å². The maximum Gasteiger partial charge on any atom is 0.211 e. The molecule has 6 heteroatoms. The van der Waals surface area contributed by atoms with Gasteiger partial charge in [0.05, 0.1) is 6.26 Å². The maximum absolute atomic E-state index is 12.7. The molecule has 0 aromatic heterocycles. The number of rotatable bonds is 4. The minimum Gasteiger partial charge on any atom is -0.297 e. The number of hydrogen-bond donors (Lipinski definition) is 0.